The molecule has 0 saturated carbocycles. The monoisotopic (exact) mass is 684 g/mol. The summed E-state index contributed by atoms with van der Waals surface area (Å²) >= 11 is 7.94. The van der Waals surface area contributed by atoms with E-state index in [4.69, 9.17) is 16.6 Å². The number of carbonyl (C=O) groups excluding carboxylic acids is 2. The lowest BCUT2D eigenvalue weighted by molar-refractivity contribution is -0.122. The molecule has 6 rings (SSSR count). The molecule has 0 bridgehead atoms. The number of nitrogens with zero attached hydrogens (tertiary/aromatic N) is 6. The van der Waals surface area contributed by atoms with Crippen LogP contribution in [0.1, 0.15) is 76.9 Å². The van der Waals surface area contributed by atoms with Crippen molar-refractivity contribution in [2.24, 2.45) is 4.99 Å². The molecule has 2 aliphatic rings. The molecule has 0 aliphatic carbocycles. The zero-order chi connectivity index (χ0) is 33.6. The first-order valence-electron chi connectivity index (χ1n) is 16.5. The summed E-state index contributed by atoms with van der Waals surface area (Å²) in [4.78, 5) is 38.5. The second-order valence-electron chi connectivity index (χ2n) is 12.4. The molecule has 5 heterocycles. The fraction of sp³-hybridized carbons (Fsp3) is 0.389. The van der Waals surface area contributed by atoms with Crippen molar-refractivity contribution >= 4 is 46.5 Å². The van der Waals surface area contributed by atoms with Crippen molar-refractivity contribution in [3.63, 3.8) is 0 Å². The molecule has 1 atom stereocenters. The first-order chi connectivity index (χ1) is 23.3. The highest BCUT2D eigenvalue weighted by atomic mass is 35.5. The van der Waals surface area contributed by atoms with Gasteiger partial charge in [-0.15, -0.1) is 21.5 Å². The molecular weight excluding hydrogens is 644 g/mol. The molecule has 10 nitrogen and oxygen atoms in total. The van der Waals surface area contributed by atoms with E-state index in [-0.39, 0.29) is 24.3 Å². The van der Waals surface area contributed by atoms with Crippen molar-refractivity contribution in [2.45, 2.75) is 65.0 Å². The van der Waals surface area contributed by atoms with Crippen LogP contribution < -0.4 is 10.6 Å². The van der Waals surface area contributed by atoms with E-state index in [0.717, 1.165) is 78.5 Å². The minimum Gasteiger partial charge on any atom is -0.353 e. The predicted octanol–water partition coefficient (Wildman–Crippen LogP) is 5.78. The number of halogens is 1. The first kappa shape index (κ1) is 33.7. The number of aryl methyl sites for hydroxylation is 2. The van der Waals surface area contributed by atoms with Crippen LogP contribution in [0.3, 0.4) is 0 Å². The Labute approximate surface area is 290 Å². The Morgan fingerprint density at radius 1 is 1.06 bits per heavy atom. The van der Waals surface area contributed by atoms with Gasteiger partial charge in [0.25, 0.3) is 0 Å². The van der Waals surface area contributed by atoms with Gasteiger partial charge in [0.1, 0.15) is 16.9 Å². The third-order valence-electron chi connectivity index (χ3n) is 9.00. The fourth-order valence-corrected chi connectivity index (χ4v) is 7.61. The number of piperidine rings is 1. The summed E-state index contributed by atoms with van der Waals surface area (Å²) in [6, 6.07) is 11.1. The number of fused-ring (bicyclic) bond motifs is 3. The zero-order valence-corrected chi connectivity index (χ0v) is 29.2. The average Bonchev–Trinajstić information content (AvgIpc) is 3.57. The predicted molar refractivity (Wildman–Crippen MR) is 191 cm³/mol. The van der Waals surface area contributed by atoms with E-state index in [1.54, 1.807) is 35.9 Å². The molecule has 3 aromatic heterocycles. The lowest BCUT2D eigenvalue weighted by atomic mass is 9.99. The molecule has 48 heavy (non-hydrogen) atoms. The van der Waals surface area contributed by atoms with Gasteiger partial charge in [0.05, 0.1) is 12.1 Å². The van der Waals surface area contributed by atoms with Crippen LogP contribution in [0.2, 0.25) is 5.02 Å². The number of amides is 2. The maximum Gasteiger partial charge on any atom is 0.243 e. The average molecular weight is 685 g/mol. The number of carbonyl (C=O) groups is 2. The van der Waals surface area contributed by atoms with Crippen molar-refractivity contribution in [3.05, 3.63) is 98.7 Å². The lowest BCUT2D eigenvalue weighted by Crippen LogP contribution is -2.45. The Morgan fingerprint density at radius 2 is 1.85 bits per heavy atom. The summed E-state index contributed by atoms with van der Waals surface area (Å²) in [6.45, 7) is 9.67. The molecule has 0 radical (unpaired) electrons. The van der Waals surface area contributed by atoms with Crippen LogP contribution in [0.4, 0.5) is 0 Å². The van der Waals surface area contributed by atoms with E-state index in [1.807, 2.05) is 43.3 Å². The quantitative estimate of drug-likeness (QED) is 0.153. The van der Waals surface area contributed by atoms with Crippen LogP contribution in [0.5, 0.6) is 0 Å². The van der Waals surface area contributed by atoms with Gasteiger partial charge in [-0.05, 0) is 88.4 Å². The molecule has 0 spiro atoms. The molecule has 2 N–H and O–H groups in total. The Balaban J connectivity index is 1.02. The number of benzene rings is 1. The Kier molecular flexibility index (Phi) is 10.8. The van der Waals surface area contributed by atoms with Crippen molar-refractivity contribution in [2.75, 3.05) is 26.2 Å². The van der Waals surface area contributed by atoms with Crippen LogP contribution in [-0.2, 0) is 9.59 Å². The van der Waals surface area contributed by atoms with Crippen LogP contribution in [0.25, 0.3) is 11.1 Å². The standard InChI is InChI=1S/C36H41ClN8O2S/c1-23-24(2)48-36-33(23)34(27-9-11-28(37)12-10-27)41-30(35-43-42-25(3)45(35)36)21-32(47)40-29-14-19-44(20-15-29)18-5-4-17-39-31(46)13-8-26-7-6-16-38-22-26/h6-13,16,22,29-30H,4-5,14-15,17-21H2,1-3H3,(H,39,46)(H,40,47)/b13-8+/t30-/m0/s1. The number of likely N-dealkylation sites (tertiary alicyclic amines) is 1. The SMILES string of the molecule is Cc1sc2c(c1C)C(c1ccc(Cl)cc1)=N[C@@H](CC(=O)NC1CCN(CCCCNC(=O)/C=C/c3cccnc3)CC1)c1nnc(C)n1-2. The van der Waals surface area contributed by atoms with Gasteiger partial charge in [-0.25, -0.2) is 0 Å². The molecule has 2 aliphatic heterocycles. The highest BCUT2D eigenvalue weighted by Crippen LogP contribution is 2.39. The topological polar surface area (TPSA) is 117 Å². The summed E-state index contributed by atoms with van der Waals surface area (Å²) in [5.41, 5.74) is 4.92. The van der Waals surface area contributed by atoms with E-state index in [2.05, 4.69) is 49.1 Å². The number of aliphatic imine (C=N–C) groups is 1. The first-order valence-corrected chi connectivity index (χ1v) is 17.7. The van der Waals surface area contributed by atoms with Gasteiger partial charge < -0.3 is 15.5 Å². The van der Waals surface area contributed by atoms with Gasteiger partial charge in [-0.1, -0.05) is 29.8 Å². The molecule has 1 saturated heterocycles. The van der Waals surface area contributed by atoms with Gasteiger partial charge in [0.15, 0.2) is 5.82 Å². The van der Waals surface area contributed by atoms with Crippen molar-refractivity contribution in [3.8, 4) is 5.00 Å². The third-order valence-corrected chi connectivity index (χ3v) is 10.4. The second-order valence-corrected chi connectivity index (χ2v) is 14.0. The van der Waals surface area contributed by atoms with Gasteiger partial charge >= 0.3 is 0 Å². The molecule has 1 aromatic carbocycles. The van der Waals surface area contributed by atoms with Gasteiger partial charge in [0.2, 0.25) is 11.8 Å². The van der Waals surface area contributed by atoms with Crippen molar-refractivity contribution in [1.82, 2.24) is 35.3 Å². The summed E-state index contributed by atoms with van der Waals surface area (Å²) in [5, 5.41) is 16.9. The van der Waals surface area contributed by atoms with Crippen LogP contribution in [0, 0.1) is 20.8 Å². The van der Waals surface area contributed by atoms with Gasteiger partial charge in [-0.3, -0.25) is 24.1 Å². The van der Waals surface area contributed by atoms with Crippen molar-refractivity contribution < 1.29 is 9.59 Å². The maximum absolute atomic E-state index is 13.5. The molecule has 0 unspecified atom stereocenters. The van der Waals surface area contributed by atoms with E-state index < -0.39 is 6.04 Å². The Morgan fingerprint density at radius 3 is 2.60 bits per heavy atom. The van der Waals surface area contributed by atoms with Crippen LogP contribution in [0.15, 0.2) is 59.9 Å². The number of hydrogen-bond acceptors (Lipinski definition) is 8. The van der Waals surface area contributed by atoms with Gasteiger partial charge in [0, 0.05) is 65.2 Å². The van der Waals surface area contributed by atoms with E-state index in [0.29, 0.717) is 17.4 Å². The fourth-order valence-electron chi connectivity index (χ4n) is 6.27. The summed E-state index contributed by atoms with van der Waals surface area (Å²) < 4.78 is 2.08. The highest BCUT2D eigenvalue weighted by molar-refractivity contribution is 7.15. The highest BCUT2D eigenvalue weighted by Gasteiger charge is 2.33. The molecule has 12 heteroatoms. The number of hydrogen-bond donors (Lipinski definition) is 2. The molecule has 1 fully saturated rings. The number of pyridine rings is 1. The molecule has 4 aromatic rings. The largest absolute Gasteiger partial charge is 0.353 e. The smallest absolute Gasteiger partial charge is 0.243 e. The number of nitrogens with one attached hydrogen (secondary N) is 2. The van der Waals surface area contributed by atoms with E-state index >= 15 is 0 Å². The van der Waals surface area contributed by atoms with Crippen molar-refractivity contribution in [1.29, 1.82) is 0 Å². The van der Waals surface area contributed by atoms with E-state index in [9.17, 15) is 9.59 Å². The number of unbranched alkanes of at least 4 members (excludes halogenated alkanes) is 1. The van der Waals surface area contributed by atoms with E-state index in [1.165, 1.54) is 10.4 Å². The lowest BCUT2D eigenvalue weighted by Gasteiger charge is -2.32. The Bertz CT molecular complexity index is 1810. The second kappa shape index (κ2) is 15.4. The maximum atomic E-state index is 13.5. The Hall–Kier alpha value is -4.19. The zero-order valence-electron chi connectivity index (χ0n) is 27.6. The normalized spacial score (nSPS) is 16.7. The number of thiophene rings is 1. The van der Waals surface area contributed by atoms with Crippen LogP contribution >= 0.6 is 22.9 Å². The third kappa shape index (κ3) is 7.91. The molecular formula is C36H41ClN8O2S. The minimum absolute atomic E-state index is 0.0312. The summed E-state index contributed by atoms with van der Waals surface area (Å²) in [6.07, 6.45) is 10.6. The van der Waals surface area contributed by atoms with Crippen LogP contribution in [-0.4, -0.2) is 74.4 Å². The number of rotatable bonds is 11. The van der Waals surface area contributed by atoms with Gasteiger partial charge in [-0.2, -0.15) is 0 Å². The summed E-state index contributed by atoms with van der Waals surface area (Å²) in [5.74, 6) is 1.33. The molecule has 250 valence electrons. The molecule has 2 amide bonds. The number of aromatic nitrogens is 4. The minimum atomic E-state index is -0.484. The summed E-state index contributed by atoms with van der Waals surface area (Å²) in [7, 11) is 0.